The highest BCUT2D eigenvalue weighted by atomic mass is 32.2. The van der Waals surface area contributed by atoms with Crippen molar-refractivity contribution in [1.29, 1.82) is 0 Å². The van der Waals surface area contributed by atoms with E-state index in [-0.39, 0.29) is 11.8 Å². The summed E-state index contributed by atoms with van der Waals surface area (Å²) in [7, 11) is -3.51. The zero-order chi connectivity index (χ0) is 21.0. The molecule has 1 aromatic heterocycles. The van der Waals surface area contributed by atoms with Gasteiger partial charge in [0.15, 0.2) is 5.82 Å². The fourth-order valence-electron chi connectivity index (χ4n) is 4.19. The van der Waals surface area contributed by atoms with E-state index in [4.69, 9.17) is 0 Å². The number of sulfonamides is 1. The number of carbonyl (C=O) groups excluding carboxylic acids is 1. The molecule has 0 atom stereocenters. The zero-order valence-corrected chi connectivity index (χ0v) is 17.9. The Morgan fingerprint density at radius 3 is 2.33 bits per heavy atom. The molecule has 30 heavy (non-hydrogen) atoms. The van der Waals surface area contributed by atoms with Crippen molar-refractivity contribution in [2.75, 3.05) is 36.4 Å². The number of rotatable bonds is 5. The Bertz CT molecular complexity index is 967. The number of nitrogens with zero attached hydrogens (tertiary/aromatic N) is 3. The SMILES string of the molecule is O=C(Nc1cccnc1N1CCCCC1)C1CCN(S(=O)(=O)c2ccccc2)CC1. The van der Waals surface area contributed by atoms with Crippen molar-refractivity contribution in [2.45, 2.75) is 37.0 Å². The average Bonchev–Trinajstić information content (AvgIpc) is 2.80. The minimum atomic E-state index is -3.51. The van der Waals surface area contributed by atoms with Gasteiger partial charge in [-0.3, -0.25) is 4.79 Å². The summed E-state index contributed by atoms with van der Waals surface area (Å²) in [4.78, 5) is 19.9. The molecule has 0 radical (unpaired) electrons. The van der Waals surface area contributed by atoms with Crippen molar-refractivity contribution < 1.29 is 13.2 Å². The molecule has 1 aromatic carbocycles. The smallest absolute Gasteiger partial charge is 0.243 e. The molecule has 0 saturated carbocycles. The van der Waals surface area contributed by atoms with Crippen molar-refractivity contribution >= 4 is 27.4 Å². The third-order valence-corrected chi connectivity index (χ3v) is 7.82. The molecule has 1 amide bonds. The lowest BCUT2D eigenvalue weighted by Gasteiger charge is -2.32. The van der Waals surface area contributed by atoms with Crippen LogP contribution in [0, 0.1) is 5.92 Å². The summed E-state index contributed by atoms with van der Waals surface area (Å²) in [5.41, 5.74) is 0.740. The van der Waals surface area contributed by atoms with Gasteiger partial charge in [0, 0.05) is 38.3 Å². The Hall–Kier alpha value is -2.45. The number of anilines is 2. The van der Waals surface area contributed by atoms with E-state index in [1.807, 2.05) is 12.1 Å². The number of hydrogen-bond donors (Lipinski definition) is 1. The molecule has 0 unspecified atom stereocenters. The number of benzene rings is 1. The minimum absolute atomic E-state index is 0.0574. The lowest BCUT2D eigenvalue weighted by molar-refractivity contribution is -0.120. The summed E-state index contributed by atoms with van der Waals surface area (Å²) in [5.74, 6) is 0.564. The van der Waals surface area contributed by atoms with E-state index in [2.05, 4.69) is 15.2 Å². The number of aromatic nitrogens is 1. The van der Waals surface area contributed by atoms with Crippen molar-refractivity contribution in [3.63, 3.8) is 0 Å². The summed E-state index contributed by atoms with van der Waals surface area (Å²) in [6.07, 6.45) is 6.28. The molecule has 0 spiro atoms. The van der Waals surface area contributed by atoms with Crippen molar-refractivity contribution in [3.8, 4) is 0 Å². The van der Waals surface area contributed by atoms with Gasteiger partial charge in [0.1, 0.15) is 0 Å². The molecule has 0 bridgehead atoms. The van der Waals surface area contributed by atoms with Gasteiger partial charge in [-0.1, -0.05) is 18.2 Å². The van der Waals surface area contributed by atoms with E-state index in [1.54, 1.807) is 36.5 Å². The van der Waals surface area contributed by atoms with Gasteiger partial charge in [-0.05, 0) is 56.4 Å². The normalized spacial score (nSPS) is 18.9. The van der Waals surface area contributed by atoms with E-state index >= 15 is 0 Å². The van der Waals surface area contributed by atoms with Crippen LogP contribution in [0.1, 0.15) is 32.1 Å². The first-order chi connectivity index (χ1) is 14.6. The Kier molecular flexibility index (Phi) is 6.34. The van der Waals surface area contributed by atoms with Crippen LogP contribution in [0.25, 0.3) is 0 Å². The predicted molar refractivity (Wildman–Crippen MR) is 117 cm³/mol. The third kappa shape index (κ3) is 4.49. The Balaban J connectivity index is 1.39. The summed E-state index contributed by atoms with van der Waals surface area (Å²) < 4.78 is 27.1. The highest BCUT2D eigenvalue weighted by Crippen LogP contribution is 2.28. The highest BCUT2D eigenvalue weighted by Gasteiger charge is 2.32. The van der Waals surface area contributed by atoms with Crippen LogP contribution in [-0.4, -0.2) is 49.8 Å². The predicted octanol–water partition coefficient (Wildman–Crippen LogP) is 3.11. The molecule has 7 nitrogen and oxygen atoms in total. The van der Waals surface area contributed by atoms with Crippen LogP contribution in [0.15, 0.2) is 53.6 Å². The maximum Gasteiger partial charge on any atom is 0.243 e. The van der Waals surface area contributed by atoms with Crippen LogP contribution < -0.4 is 10.2 Å². The monoisotopic (exact) mass is 428 g/mol. The first kappa shape index (κ1) is 20.8. The largest absolute Gasteiger partial charge is 0.355 e. The number of pyridine rings is 1. The molecule has 2 aliphatic rings. The van der Waals surface area contributed by atoms with Crippen molar-refractivity contribution in [3.05, 3.63) is 48.7 Å². The van der Waals surface area contributed by atoms with Gasteiger partial charge in [0.25, 0.3) is 0 Å². The number of piperidine rings is 2. The molecular weight excluding hydrogens is 400 g/mol. The molecule has 160 valence electrons. The second kappa shape index (κ2) is 9.14. The fraction of sp³-hybridized carbons (Fsp3) is 0.455. The molecule has 4 rings (SSSR count). The molecule has 2 fully saturated rings. The Morgan fingerprint density at radius 2 is 1.63 bits per heavy atom. The van der Waals surface area contributed by atoms with Crippen molar-refractivity contribution in [1.82, 2.24) is 9.29 Å². The van der Waals surface area contributed by atoms with Crippen LogP contribution in [-0.2, 0) is 14.8 Å². The lowest BCUT2D eigenvalue weighted by atomic mass is 9.97. The standard InChI is InChI=1S/C22H28N4O3S/c27-22(24-20-10-7-13-23-21(20)25-14-5-2-6-15-25)18-11-16-26(17-12-18)30(28,29)19-8-3-1-4-9-19/h1,3-4,7-10,13,18H,2,5-6,11-12,14-17H2,(H,24,27). The molecule has 2 saturated heterocycles. The van der Waals surface area contributed by atoms with Gasteiger partial charge in [-0.25, -0.2) is 13.4 Å². The van der Waals surface area contributed by atoms with E-state index in [9.17, 15) is 13.2 Å². The fourth-order valence-corrected chi connectivity index (χ4v) is 5.68. The van der Waals surface area contributed by atoms with E-state index in [0.717, 1.165) is 37.4 Å². The average molecular weight is 429 g/mol. The van der Waals surface area contributed by atoms with E-state index < -0.39 is 10.0 Å². The molecule has 2 aromatic rings. The van der Waals surface area contributed by atoms with Gasteiger partial charge in [-0.2, -0.15) is 4.31 Å². The summed E-state index contributed by atoms with van der Waals surface area (Å²) in [6, 6.07) is 12.2. The Labute approximate surface area is 178 Å². The zero-order valence-electron chi connectivity index (χ0n) is 17.0. The number of carbonyl (C=O) groups is 1. The van der Waals surface area contributed by atoms with E-state index in [1.165, 1.54) is 10.7 Å². The van der Waals surface area contributed by atoms with Crippen LogP contribution in [0.5, 0.6) is 0 Å². The molecule has 3 heterocycles. The van der Waals surface area contributed by atoms with E-state index in [0.29, 0.717) is 30.8 Å². The van der Waals surface area contributed by atoms with Crippen LogP contribution >= 0.6 is 0 Å². The summed E-state index contributed by atoms with van der Waals surface area (Å²) in [6.45, 7) is 2.61. The lowest BCUT2D eigenvalue weighted by Crippen LogP contribution is -2.41. The minimum Gasteiger partial charge on any atom is -0.355 e. The third-order valence-electron chi connectivity index (χ3n) is 5.91. The molecule has 8 heteroatoms. The maximum atomic E-state index is 12.9. The van der Waals surface area contributed by atoms with Gasteiger partial charge in [-0.15, -0.1) is 0 Å². The summed E-state index contributed by atoms with van der Waals surface area (Å²) >= 11 is 0. The maximum absolute atomic E-state index is 12.9. The number of hydrogen-bond acceptors (Lipinski definition) is 5. The highest BCUT2D eigenvalue weighted by molar-refractivity contribution is 7.89. The topological polar surface area (TPSA) is 82.6 Å². The quantitative estimate of drug-likeness (QED) is 0.791. The molecular formula is C22H28N4O3S. The molecule has 0 aliphatic carbocycles. The van der Waals surface area contributed by atoms with Crippen LogP contribution in [0.2, 0.25) is 0 Å². The summed E-state index contributed by atoms with van der Waals surface area (Å²) in [5, 5.41) is 3.05. The molecule has 2 aliphatic heterocycles. The van der Waals surface area contributed by atoms with Gasteiger partial charge in [0.2, 0.25) is 15.9 Å². The van der Waals surface area contributed by atoms with Gasteiger partial charge >= 0.3 is 0 Å². The van der Waals surface area contributed by atoms with Gasteiger partial charge in [0.05, 0.1) is 10.6 Å². The first-order valence-corrected chi connectivity index (χ1v) is 12.1. The van der Waals surface area contributed by atoms with Crippen molar-refractivity contribution in [2.24, 2.45) is 5.92 Å². The first-order valence-electron chi connectivity index (χ1n) is 10.6. The van der Waals surface area contributed by atoms with Crippen LogP contribution in [0.4, 0.5) is 11.5 Å². The van der Waals surface area contributed by atoms with Gasteiger partial charge < -0.3 is 10.2 Å². The van der Waals surface area contributed by atoms with Crippen LogP contribution in [0.3, 0.4) is 0 Å². The second-order valence-corrected chi connectivity index (χ2v) is 9.84. The number of amides is 1. The molecule has 1 N–H and O–H groups in total. The Morgan fingerprint density at radius 1 is 0.933 bits per heavy atom. The number of nitrogens with one attached hydrogen (secondary N) is 1. The second-order valence-electron chi connectivity index (χ2n) is 7.90.